The van der Waals surface area contributed by atoms with Crippen LogP contribution in [0, 0.1) is 0 Å². The first-order valence-electron chi connectivity index (χ1n) is 5.36. The van der Waals surface area contributed by atoms with Gasteiger partial charge in [0.1, 0.15) is 5.75 Å². The second kappa shape index (κ2) is 5.14. The highest BCUT2D eigenvalue weighted by Gasteiger charge is 2.13. The molecule has 1 fully saturated rings. The van der Waals surface area contributed by atoms with Crippen molar-refractivity contribution in [3.05, 3.63) is 29.8 Å². The Morgan fingerprint density at radius 2 is 2.07 bits per heavy atom. The molecule has 0 bridgehead atoms. The van der Waals surface area contributed by atoms with E-state index < -0.39 is 0 Å². The molecule has 1 aromatic carbocycles. The molecule has 0 aromatic heterocycles. The van der Waals surface area contributed by atoms with E-state index in [9.17, 15) is 0 Å². The first-order valence-corrected chi connectivity index (χ1v) is 5.36. The zero-order valence-electron chi connectivity index (χ0n) is 8.69. The maximum absolute atomic E-state index is 9.11. The van der Waals surface area contributed by atoms with Crippen LogP contribution in [0.4, 0.5) is 0 Å². The van der Waals surface area contributed by atoms with Crippen LogP contribution in [0.15, 0.2) is 24.3 Å². The van der Waals surface area contributed by atoms with E-state index in [4.69, 9.17) is 14.6 Å². The number of ether oxygens (including phenoxy) is 2. The quantitative estimate of drug-likeness (QED) is 0.829. The Hall–Kier alpha value is -1.06. The second-order valence-electron chi connectivity index (χ2n) is 3.77. The van der Waals surface area contributed by atoms with E-state index in [1.165, 1.54) is 6.42 Å². The van der Waals surface area contributed by atoms with Crippen molar-refractivity contribution in [3.8, 4) is 5.75 Å². The fourth-order valence-corrected chi connectivity index (χ4v) is 1.62. The molecule has 3 heteroatoms. The monoisotopic (exact) mass is 208 g/mol. The molecule has 0 amide bonds. The van der Waals surface area contributed by atoms with Crippen LogP contribution in [0.25, 0.3) is 0 Å². The van der Waals surface area contributed by atoms with Crippen LogP contribution in [-0.2, 0) is 16.1 Å². The van der Waals surface area contributed by atoms with E-state index in [0.717, 1.165) is 25.0 Å². The summed E-state index contributed by atoms with van der Waals surface area (Å²) in [5.74, 6) is 0.285. The first kappa shape index (κ1) is 10.5. The van der Waals surface area contributed by atoms with Gasteiger partial charge in [0.2, 0.25) is 0 Å². The first-order chi connectivity index (χ1) is 7.34. The lowest BCUT2D eigenvalue weighted by molar-refractivity contribution is -0.168. The Balaban J connectivity index is 1.79. The third kappa shape index (κ3) is 3.22. The molecule has 0 radical (unpaired) electrons. The number of hydrogen-bond acceptors (Lipinski definition) is 3. The van der Waals surface area contributed by atoms with Crippen LogP contribution in [0.2, 0.25) is 0 Å². The molecule has 1 aliphatic rings. The van der Waals surface area contributed by atoms with E-state index in [-0.39, 0.29) is 12.0 Å². The van der Waals surface area contributed by atoms with Gasteiger partial charge in [-0.05, 0) is 37.0 Å². The lowest BCUT2D eigenvalue weighted by Crippen LogP contribution is -2.21. The van der Waals surface area contributed by atoms with Crippen LogP contribution in [-0.4, -0.2) is 18.0 Å². The number of hydrogen-bond donors (Lipinski definition) is 1. The molecule has 1 atom stereocenters. The largest absolute Gasteiger partial charge is 0.508 e. The van der Waals surface area contributed by atoms with E-state index in [0.29, 0.717) is 6.61 Å². The minimum Gasteiger partial charge on any atom is -0.508 e. The van der Waals surface area contributed by atoms with Crippen molar-refractivity contribution in [2.45, 2.75) is 32.2 Å². The molecule has 2 rings (SSSR count). The van der Waals surface area contributed by atoms with Crippen LogP contribution < -0.4 is 0 Å². The lowest BCUT2D eigenvalue weighted by Gasteiger charge is -2.22. The van der Waals surface area contributed by atoms with Gasteiger partial charge < -0.3 is 14.6 Å². The smallest absolute Gasteiger partial charge is 0.158 e. The van der Waals surface area contributed by atoms with Crippen LogP contribution in [0.1, 0.15) is 24.8 Å². The van der Waals surface area contributed by atoms with Gasteiger partial charge in [0.25, 0.3) is 0 Å². The highest BCUT2D eigenvalue weighted by Crippen LogP contribution is 2.16. The summed E-state index contributed by atoms with van der Waals surface area (Å²) in [5.41, 5.74) is 1.06. The SMILES string of the molecule is Oc1ccc(COC2CCCCO2)cc1. The number of aromatic hydroxyl groups is 1. The lowest BCUT2D eigenvalue weighted by atomic mass is 10.2. The highest BCUT2D eigenvalue weighted by molar-refractivity contribution is 5.25. The highest BCUT2D eigenvalue weighted by atomic mass is 16.7. The molecule has 0 aliphatic carbocycles. The molecule has 1 heterocycles. The van der Waals surface area contributed by atoms with Crippen molar-refractivity contribution >= 4 is 0 Å². The summed E-state index contributed by atoms with van der Waals surface area (Å²) in [4.78, 5) is 0. The van der Waals surface area contributed by atoms with Crippen molar-refractivity contribution in [3.63, 3.8) is 0 Å². The van der Waals surface area contributed by atoms with Crippen molar-refractivity contribution < 1.29 is 14.6 Å². The van der Waals surface area contributed by atoms with E-state index in [2.05, 4.69) is 0 Å². The van der Waals surface area contributed by atoms with Crippen LogP contribution in [0.3, 0.4) is 0 Å². The zero-order chi connectivity index (χ0) is 10.5. The van der Waals surface area contributed by atoms with Gasteiger partial charge in [-0.15, -0.1) is 0 Å². The summed E-state index contributed by atoms with van der Waals surface area (Å²) >= 11 is 0. The standard InChI is InChI=1S/C12H16O3/c13-11-6-4-10(5-7-11)9-15-12-3-1-2-8-14-12/h4-7,12-13H,1-3,8-9H2. The predicted molar refractivity (Wildman–Crippen MR) is 56.5 cm³/mol. The average Bonchev–Trinajstić information content (AvgIpc) is 2.30. The average molecular weight is 208 g/mol. The molecular formula is C12H16O3. The normalized spacial score (nSPS) is 21.5. The maximum atomic E-state index is 9.11. The Morgan fingerprint density at radius 1 is 1.27 bits per heavy atom. The summed E-state index contributed by atoms with van der Waals surface area (Å²) in [6, 6.07) is 7.05. The summed E-state index contributed by atoms with van der Waals surface area (Å²) in [6.45, 7) is 1.35. The Bertz CT molecular complexity index is 288. The van der Waals surface area contributed by atoms with E-state index in [1.54, 1.807) is 12.1 Å². The van der Waals surface area contributed by atoms with Gasteiger partial charge in [0.05, 0.1) is 6.61 Å². The molecular weight excluding hydrogens is 192 g/mol. The van der Waals surface area contributed by atoms with Gasteiger partial charge in [0.15, 0.2) is 6.29 Å². The van der Waals surface area contributed by atoms with Gasteiger partial charge in [0, 0.05) is 6.61 Å². The van der Waals surface area contributed by atoms with E-state index in [1.807, 2.05) is 12.1 Å². The minimum absolute atomic E-state index is 0.0486. The summed E-state index contributed by atoms with van der Waals surface area (Å²) in [6.07, 6.45) is 3.25. The number of rotatable bonds is 3. The van der Waals surface area contributed by atoms with Crippen molar-refractivity contribution in [2.24, 2.45) is 0 Å². The zero-order valence-corrected chi connectivity index (χ0v) is 8.69. The molecule has 0 saturated carbocycles. The molecule has 1 aromatic rings. The fraction of sp³-hybridized carbons (Fsp3) is 0.500. The van der Waals surface area contributed by atoms with Gasteiger partial charge in [-0.25, -0.2) is 0 Å². The molecule has 3 nitrogen and oxygen atoms in total. The van der Waals surface area contributed by atoms with Gasteiger partial charge in [-0.2, -0.15) is 0 Å². The van der Waals surface area contributed by atoms with Crippen LogP contribution in [0.5, 0.6) is 5.75 Å². The van der Waals surface area contributed by atoms with Gasteiger partial charge in [-0.1, -0.05) is 12.1 Å². The molecule has 82 valence electrons. The van der Waals surface area contributed by atoms with Gasteiger partial charge in [-0.3, -0.25) is 0 Å². The topological polar surface area (TPSA) is 38.7 Å². The third-order valence-electron chi connectivity index (χ3n) is 2.51. The van der Waals surface area contributed by atoms with E-state index >= 15 is 0 Å². The van der Waals surface area contributed by atoms with Crippen molar-refractivity contribution in [1.29, 1.82) is 0 Å². The predicted octanol–water partition coefficient (Wildman–Crippen LogP) is 2.44. The summed E-state index contributed by atoms with van der Waals surface area (Å²) in [7, 11) is 0. The number of benzene rings is 1. The van der Waals surface area contributed by atoms with Crippen LogP contribution >= 0.6 is 0 Å². The number of phenolic OH excluding ortho intramolecular Hbond substituents is 1. The molecule has 1 N–H and O–H groups in total. The molecule has 0 spiro atoms. The Labute approximate surface area is 89.6 Å². The van der Waals surface area contributed by atoms with Gasteiger partial charge >= 0.3 is 0 Å². The maximum Gasteiger partial charge on any atom is 0.158 e. The fourth-order valence-electron chi connectivity index (χ4n) is 1.62. The molecule has 1 unspecified atom stereocenters. The molecule has 1 saturated heterocycles. The minimum atomic E-state index is -0.0486. The third-order valence-corrected chi connectivity index (χ3v) is 2.51. The second-order valence-corrected chi connectivity index (χ2v) is 3.77. The summed E-state index contributed by atoms with van der Waals surface area (Å²) in [5, 5.41) is 9.11. The Kier molecular flexibility index (Phi) is 3.59. The van der Waals surface area contributed by atoms with Crippen molar-refractivity contribution in [2.75, 3.05) is 6.61 Å². The molecule has 15 heavy (non-hydrogen) atoms. The number of phenols is 1. The Morgan fingerprint density at radius 3 is 2.73 bits per heavy atom. The van der Waals surface area contributed by atoms with Crippen molar-refractivity contribution in [1.82, 2.24) is 0 Å². The summed E-state index contributed by atoms with van der Waals surface area (Å²) < 4.78 is 11.1. The molecule has 1 aliphatic heterocycles.